The molecule has 2 unspecified atom stereocenters. The van der Waals surface area contributed by atoms with Crippen molar-refractivity contribution in [1.82, 2.24) is 10.2 Å². The van der Waals surface area contributed by atoms with Crippen LogP contribution in [0.2, 0.25) is 0 Å². The summed E-state index contributed by atoms with van der Waals surface area (Å²) in [5.74, 6) is 0. The van der Waals surface area contributed by atoms with Gasteiger partial charge in [0, 0.05) is 18.3 Å². The molecule has 1 aliphatic rings. The van der Waals surface area contributed by atoms with Gasteiger partial charge < -0.3 is 10.2 Å². The molecule has 0 spiro atoms. The molecule has 1 heterocycles. The zero-order valence-corrected chi connectivity index (χ0v) is 13.2. The number of hydrogen-bond donors (Lipinski definition) is 1. The molecule has 1 saturated heterocycles. The average Bonchev–Trinajstić information content (AvgIpc) is 2.62. The SMILES string of the molecule is CSC(C)CN1CCCNC(C)(c2ccccc2)C1. The van der Waals surface area contributed by atoms with E-state index in [1.54, 1.807) is 0 Å². The molecule has 2 rings (SSSR count). The lowest BCUT2D eigenvalue weighted by atomic mass is 9.91. The van der Waals surface area contributed by atoms with Crippen molar-refractivity contribution in [3.05, 3.63) is 35.9 Å². The van der Waals surface area contributed by atoms with Gasteiger partial charge in [-0.2, -0.15) is 11.8 Å². The van der Waals surface area contributed by atoms with E-state index in [0.717, 1.165) is 13.1 Å². The lowest BCUT2D eigenvalue weighted by Crippen LogP contribution is -2.47. The van der Waals surface area contributed by atoms with Gasteiger partial charge in [0.1, 0.15) is 0 Å². The van der Waals surface area contributed by atoms with Gasteiger partial charge in [-0.25, -0.2) is 0 Å². The molecule has 2 nitrogen and oxygen atoms in total. The van der Waals surface area contributed by atoms with Gasteiger partial charge in [-0.05, 0) is 38.3 Å². The molecule has 2 atom stereocenters. The van der Waals surface area contributed by atoms with Crippen LogP contribution in [-0.2, 0) is 5.54 Å². The van der Waals surface area contributed by atoms with Crippen molar-refractivity contribution in [3.8, 4) is 0 Å². The first-order valence-electron chi connectivity index (χ1n) is 7.20. The molecule has 106 valence electrons. The molecule has 1 fully saturated rings. The van der Waals surface area contributed by atoms with Gasteiger partial charge >= 0.3 is 0 Å². The van der Waals surface area contributed by atoms with Crippen molar-refractivity contribution in [2.75, 3.05) is 32.4 Å². The Labute approximate surface area is 122 Å². The average molecular weight is 278 g/mol. The highest BCUT2D eigenvalue weighted by Crippen LogP contribution is 2.24. The maximum Gasteiger partial charge on any atom is 0.0534 e. The maximum absolute atomic E-state index is 3.75. The molecule has 0 radical (unpaired) electrons. The smallest absolute Gasteiger partial charge is 0.0534 e. The summed E-state index contributed by atoms with van der Waals surface area (Å²) >= 11 is 1.96. The van der Waals surface area contributed by atoms with Crippen LogP contribution in [0.15, 0.2) is 30.3 Å². The van der Waals surface area contributed by atoms with Gasteiger partial charge in [-0.1, -0.05) is 37.3 Å². The summed E-state index contributed by atoms with van der Waals surface area (Å²) < 4.78 is 0. The Kier molecular flexibility index (Phi) is 5.31. The minimum Gasteiger partial charge on any atom is -0.307 e. The molecule has 19 heavy (non-hydrogen) atoms. The second kappa shape index (κ2) is 6.78. The zero-order chi connectivity index (χ0) is 13.7. The first-order chi connectivity index (χ1) is 9.14. The van der Waals surface area contributed by atoms with Gasteiger partial charge in [0.05, 0.1) is 5.54 Å². The molecular weight excluding hydrogens is 252 g/mol. The lowest BCUT2D eigenvalue weighted by molar-refractivity contribution is 0.223. The highest BCUT2D eigenvalue weighted by atomic mass is 32.2. The van der Waals surface area contributed by atoms with Crippen molar-refractivity contribution in [2.24, 2.45) is 0 Å². The van der Waals surface area contributed by atoms with Crippen molar-refractivity contribution in [3.63, 3.8) is 0 Å². The first kappa shape index (κ1) is 14.9. The number of thioether (sulfide) groups is 1. The molecule has 0 aromatic heterocycles. The lowest BCUT2D eigenvalue weighted by Gasteiger charge is -2.35. The van der Waals surface area contributed by atoms with E-state index in [9.17, 15) is 0 Å². The van der Waals surface area contributed by atoms with Crippen molar-refractivity contribution in [1.29, 1.82) is 0 Å². The first-order valence-corrected chi connectivity index (χ1v) is 8.48. The van der Waals surface area contributed by atoms with Crippen LogP contribution < -0.4 is 5.32 Å². The number of nitrogens with one attached hydrogen (secondary N) is 1. The predicted molar refractivity (Wildman–Crippen MR) is 85.8 cm³/mol. The zero-order valence-electron chi connectivity index (χ0n) is 12.4. The van der Waals surface area contributed by atoms with Crippen LogP contribution in [0.25, 0.3) is 0 Å². The number of nitrogens with zero attached hydrogens (tertiary/aromatic N) is 1. The van der Waals surface area contributed by atoms with Gasteiger partial charge in [-0.3, -0.25) is 0 Å². The van der Waals surface area contributed by atoms with Crippen molar-refractivity contribution >= 4 is 11.8 Å². The third kappa shape index (κ3) is 3.98. The van der Waals surface area contributed by atoms with Crippen LogP contribution in [0, 0.1) is 0 Å². The summed E-state index contributed by atoms with van der Waals surface area (Å²) in [5, 5.41) is 4.45. The minimum absolute atomic E-state index is 0.0793. The van der Waals surface area contributed by atoms with Crippen LogP contribution >= 0.6 is 11.8 Å². The standard InChI is InChI=1S/C16H26N2S/c1-14(19-3)12-18-11-7-10-17-16(2,13-18)15-8-5-4-6-9-15/h4-6,8-9,14,17H,7,10-13H2,1-3H3. The maximum atomic E-state index is 3.75. The van der Waals surface area contributed by atoms with E-state index in [4.69, 9.17) is 0 Å². The third-order valence-electron chi connectivity index (χ3n) is 4.03. The molecule has 1 aliphatic heterocycles. The molecule has 1 N–H and O–H groups in total. The van der Waals surface area contributed by atoms with Gasteiger partial charge in [0.15, 0.2) is 0 Å². The summed E-state index contributed by atoms with van der Waals surface area (Å²) in [6.45, 7) is 9.26. The Morgan fingerprint density at radius 3 is 2.79 bits per heavy atom. The fourth-order valence-electron chi connectivity index (χ4n) is 2.84. The Hall–Kier alpha value is -0.510. The van der Waals surface area contributed by atoms with Crippen LogP contribution in [0.4, 0.5) is 0 Å². The molecule has 0 bridgehead atoms. The van der Waals surface area contributed by atoms with Crippen molar-refractivity contribution < 1.29 is 0 Å². The molecular formula is C16H26N2S. The van der Waals surface area contributed by atoms with Crippen LogP contribution in [0.3, 0.4) is 0 Å². The van der Waals surface area contributed by atoms with Gasteiger partial charge in [0.25, 0.3) is 0 Å². The number of rotatable bonds is 4. The highest BCUT2D eigenvalue weighted by molar-refractivity contribution is 7.99. The van der Waals surface area contributed by atoms with E-state index in [1.165, 1.54) is 25.1 Å². The quantitative estimate of drug-likeness (QED) is 0.911. The molecule has 0 aliphatic carbocycles. The van der Waals surface area contributed by atoms with Gasteiger partial charge in [-0.15, -0.1) is 0 Å². The molecule has 1 aromatic carbocycles. The van der Waals surface area contributed by atoms with Crippen LogP contribution in [-0.4, -0.2) is 42.6 Å². The minimum atomic E-state index is 0.0793. The van der Waals surface area contributed by atoms with E-state index in [-0.39, 0.29) is 5.54 Å². The second-order valence-electron chi connectivity index (χ2n) is 5.76. The molecule has 0 saturated carbocycles. The van der Waals surface area contributed by atoms with E-state index in [2.05, 4.69) is 60.7 Å². The number of hydrogen-bond acceptors (Lipinski definition) is 3. The second-order valence-corrected chi connectivity index (χ2v) is 7.04. The van der Waals surface area contributed by atoms with Crippen molar-refractivity contribution in [2.45, 2.75) is 31.1 Å². The molecule has 0 amide bonds. The van der Waals surface area contributed by atoms with E-state index >= 15 is 0 Å². The summed E-state index contributed by atoms with van der Waals surface area (Å²) in [5.41, 5.74) is 1.48. The van der Waals surface area contributed by atoms with E-state index in [0.29, 0.717) is 5.25 Å². The Balaban J connectivity index is 2.11. The number of benzene rings is 1. The Bertz CT molecular complexity index is 382. The summed E-state index contributed by atoms with van der Waals surface area (Å²) in [7, 11) is 0. The predicted octanol–water partition coefficient (Wildman–Crippen LogP) is 2.95. The summed E-state index contributed by atoms with van der Waals surface area (Å²) in [4.78, 5) is 2.62. The van der Waals surface area contributed by atoms with Crippen LogP contribution in [0.1, 0.15) is 25.8 Å². The molecule has 1 aromatic rings. The van der Waals surface area contributed by atoms with E-state index < -0.39 is 0 Å². The Morgan fingerprint density at radius 2 is 2.11 bits per heavy atom. The fraction of sp³-hybridized carbons (Fsp3) is 0.625. The fourth-order valence-corrected chi connectivity index (χ4v) is 3.20. The van der Waals surface area contributed by atoms with Crippen LogP contribution in [0.5, 0.6) is 0 Å². The van der Waals surface area contributed by atoms with E-state index in [1.807, 2.05) is 11.8 Å². The summed E-state index contributed by atoms with van der Waals surface area (Å²) in [6.07, 6.45) is 3.45. The topological polar surface area (TPSA) is 15.3 Å². The molecule has 3 heteroatoms. The summed E-state index contributed by atoms with van der Waals surface area (Å²) in [6, 6.07) is 10.9. The highest BCUT2D eigenvalue weighted by Gasteiger charge is 2.30. The normalized spacial score (nSPS) is 26.9. The van der Waals surface area contributed by atoms with Gasteiger partial charge in [0.2, 0.25) is 0 Å². The monoisotopic (exact) mass is 278 g/mol. The largest absolute Gasteiger partial charge is 0.307 e. The Morgan fingerprint density at radius 1 is 1.37 bits per heavy atom. The third-order valence-corrected chi connectivity index (χ3v) is 4.99.